The van der Waals surface area contributed by atoms with Crippen LogP contribution in [0.25, 0.3) is 16.3 Å². The van der Waals surface area contributed by atoms with Crippen molar-refractivity contribution in [2.45, 2.75) is 68.6 Å². The molecule has 1 aliphatic carbocycles. The normalized spacial score (nSPS) is 24.4. The van der Waals surface area contributed by atoms with Crippen molar-refractivity contribution < 1.29 is 21.6 Å². The molecule has 9 nitrogen and oxygen atoms in total. The van der Waals surface area contributed by atoms with Gasteiger partial charge < -0.3 is 10.2 Å². The summed E-state index contributed by atoms with van der Waals surface area (Å²) in [5, 5.41) is 10.3. The zero-order valence-corrected chi connectivity index (χ0v) is 21.0. The van der Waals surface area contributed by atoms with E-state index in [0.717, 1.165) is 12.8 Å². The van der Waals surface area contributed by atoms with Crippen LogP contribution in [0, 0.1) is 0 Å². The van der Waals surface area contributed by atoms with E-state index in [1.54, 1.807) is 16.7 Å². The van der Waals surface area contributed by atoms with E-state index in [4.69, 9.17) is 0 Å². The van der Waals surface area contributed by atoms with Crippen LogP contribution in [0.4, 0.5) is 18.9 Å². The molecule has 1 saturated heterocycles. The number of fused-ring (bicyclic) bond motifs is 1. The number of anilines is 1. The number of aromatic nitrogens is 4. The molecule has 2 N–H and O–H groups in total. The fourth-order valence-electron chi connectivity index (χ4n) is 4.32. The number of hydrogen-bond donors (Lipinski definition) is 2. The van der Waals surface area contributed by atoms with Crippen molar-refractivity contribution in [3.63, 3.8) is 0 Å². The van der Waals surface area contributed by atoms with Crippen LogP contribution in [0.15, 0.2) is 23.4 Å². The zero-order valence-electron chi connectivity index (χ0n) is 19.4. The fourth-order valence-corrected chi connectivity index (χ4v) is 6.50. The molecule has 3 atom stereocenters. The highest BCUT2D eigenvalue weighted by atomic mass is 32.2. The van der Waals surface area contributed by atoms with Crippen molar-refractivity contribution in [1.82, 2.24) is 29.6 Å². The lowest BCUT2D eigenvalue weighted by molar-refractivity contribution is 0.150. The van der Waals surface area contributed by atoms with E-state index in [0.29, 0.717) is 29.1 Å². The third-order valence-corrected chi connectivity index (χ3v) is 9.26. The summed E-state index contributed by atoms with van der Waals surface area (Å²) in [6, 6.07) is 0.999. The van der Waals surface area contributed by atoms with Crippen LogP contribution in [-0.4, -0.2) is 64.9 Å². The smallest absolute Gasteiger partial charge is 0.291 e. The SMILES string of the molecule is C[C@H]1N[C@H](CF)CN(c2cc(S(=O)(=O)NC3(C)CC3)cn3c(-c4nnc(C(F)F)s4)ncc23)[C@H]1C. The summed E-state index contributed by atoms with van der Waals surface area (Å²) in [5.74, 6) is 0.207. The van der Waals surface area contributed by atoms with Crippen LogP contribution < -0.4 is 14.9 Å². The van der Waals surface area contributed by atoms with Gasteiger partial charge in [0.1, 0.15) is 11.6 Å². The standard InChI is InChI=1S/C21H26F3N7O2S2/c1-11-12(2)30(9-13(7-22)26-11)15-6-14(35(32,33)29-21(3)4-5-21)10-31-16(15)8-25-18(31)20-28-27-19(34-20)17(23)24/h6,8,10-13,17,26,29H,4-5,7,9H2,1-3H3/t11-,12+,13-/m1/s1. The summed E-state index contributed by atoms with van der Waals surface area (Å²) in [5.41, 5.74) is 0.627. The van der Waals surface area contributed by atoms with E-state index in [1.165, 1.54) is 6.20 Å². The number of halogens is 3. The molecule has 190 valence electrons. The molecule has 0 amide bonds. The second kappa shape index (κ2) is 8.68. The second-order valence-corrected chi connectivity index (χ2v) is 12.2. The zero-order chi connectivity index (χ0) is 25.1. The molecule has 0 bridgehead atoms. The van der Waals surface area contributed by atoms with Gasteiger partial charge in [0.05, 0.1) is 23.4 Å². The molecule has 1 aliphatic heterocycles. The molecular weight excluding hydrogens is 503 g/mol. The number of sulfonamides is 1. The Kier molecular flexibility index (Phi) is 6.05. The molecule has 3 aromatic rings. The Labute approximate surface area is 204 Å². The predicted octanol–water partition coefficient (Wildman–Crippen LogP) is 3.15. The summed E-state index contributed by atoms with van der Waals surface area (Å²) < 4.78 is 70.9. The van der Waals surface area contributed by atoms with Gasteiger partial charge in [-0.1, -0.05) is 11.3 Å². The maximum atomic E-state index is 13.6. The van der Waals surface area contributed by atoms with Gasteiger partial charge in [-0.15, -0.1) is 10.2 Å². The van der Waals surface area contributed by atoms with E-state index >= 15 is 0 Å². The van der Waals surface area contributed by atoms with Crippen LogP contribution >= 0.6 is 11.3 Å². The van der Waals surface area contributed by atoms with Crippen molar-refractivity contribution in [2.24, 2.45) is 0 Å². The number of rotatable bonds is 7. The van der Waals surface area contributed by atoms with Crippen LogP contribution in [0.2, 0.25) is 0 Å². The molecule has 0 radical (unpaired) electrons. The van der Waals surface area contributed by atoms with Gasteiger partial charge in [0, 0.05) is 30.4 Å². The van der Waals surface area contributed by atoms with E-state index in [1.807, 2.05) is 25.7 Å². The van der Waals surface area contributed by atoms with Crippen LogP contribution in [-0.2, 0) is 10.0 Å². The Morgan fingerprint density at radius 3 is 2.69 bits per heavy atom. The quantitative estimate of drug-likeness (QED) is 0.485. The van der Waals surface area contributed by atoms with Crippen LogP contribution in [0.3, 0.4) is 0 Å². The van der Waals surface area contributed by atoms with Gasteiger partial charge in [-0.2, -0.15) is 0 Å². The highest BCUT2D eigenvalue weighted by molar-refractivity contribution is 7.89. The molecular formula is C21H26F3N7O2S2. The summed E-state index contributed by atoms with van der Waals surface area (Å²) in [6.45, 7) is 5.51. The molecule has 0 aromatic carbocycles. The Bertz CT molecular complexity index is 1360. The molecule has 5 rings (SSSR count). The highest BCUT2D eigenvalue weighted by Gasteiger charge is 2.42. The minimum absolute atomic E-state index is 0.00107. The number of pyridine rings is 1. The van der Waals surface area contributed by atoms with E-state index in [2.05, 4.69) is 25.2 Å². The third kappa shape index (κ3) is 4.52. The maximum Gasteiger partial charge on any atom is 0.291 e. The lowest BCUT2D eigenvalue weighted by Crippen LogP contribution is -2.61. The first-order chi connectivity index (χ1) is 16.5. The van der Waals surface area contributed by atoms with Gasteiger partial charge in [0.15, 0.2) is 15.8 Å². The summed E-state index contributed by atoms with van der Waals surface area (Å²) in [6.07, 6.45) is 1.67. The third-order valence-electron chi connectivity index (χ3n) is 6.73. The van der Waals surface area contributed by atoms with Crippen LogP contribution in [0.1, 0.15) is 45.0 Å². The van der Waals surface area contributed by atoms with Gasteiger partial charge in [-0.05, 0) is 39.7 Å². The maximum absolute atomic E-state index is 13.6. The van der Waals surface area contributed by atoms with Gasteiger partial charge in [-0.25, -0.2) is 31.3 Å². The fraction of sp³-hybridized carbons (Fsp3) is 0.571. The number of hydrogen-bond acceptors (Lipinski definition) is 8. The molecule has 14 heteroatoms. The molecule has 1 saturated carbocycles. The highest BCUT2D eigenvalue weighted by Crippen LogP contribution is 2.38. The lowest BCUT2D eigenvalue weighted by Gasteiger charge is -2.44. The monoisotopic (exact) mass is 529 g/mol. The number of alkyl halides is 3. The molecule has 2 aliphatic rings. The molecule has 4 heterocycles. The van der Waals surface area contributed by atoms with Gasteiger partial charge in [0.25, 0.3) is 6.43 Å². The minimum atomic E-state index is -3.91. The summed E-state index contributed by atoms with van der Waals surface area (Å²) >= 11 is 0.699. The number of imidazole rings is 1. The van der Waals surface area contributed by atoms with Crippen molar-refractivity contribution >= 4 is 32.6 Å². The first-order valence-electron chi connectivity index (χ1n) is 11.3. The van der Waals surface area contributed by atoms with Crippen molar-refractivity contribution in [2.75, 3.05) is 18.1 Å². The van der Waals surface area contributed by atoms with Crippen molar-refractivity contribution in [3.05, 3.63) is 23.5 Å². The van der Waals surface area contributed by atoms with Crippen molar-refractivity contribution in [3.8, 4) is 10.8 Å². The lowest BCUT2D eigenvalue weighted by atomic mass is 10.0. The number of nitrogens with one attached hydrogen (secondary N) is 2. The molecule has 0 unspecified atom stereocenters. The number of piperazine rings is 1. The molecule has 3 aromatic heterocycles. The van der Waals surface area contributed by atoms with Gasteiger partial charge in [-0.3, -0.25) is 4.40 Å². The van der Waals surface area contributed by atoms with E-state index in [-0.39, 0.29) is 27.8 Å². The molecule has 2 fully saturated rings. The minimum Gasteiger partial charge on any atom is -0.364 e. The number of nitrogens with zero attached hydrogens (tertiary/aromatic N) is 5. The predicted molar refractivity (Wildman–Crippen MR) is 126 cm³/mol. The Morgan fingerprint density at radius 2 is 2.06 bits per heavy atom. The van der Waals surface area contributed by atoms with E-state index in [9.17, 15) is 21.6 Å². The van der Waals surface area contributed by atoms with Crippen LogP contribution in [0.5, 0.6) is 0 Å². The van der Waals surface area contributed by atoms with Crippen molar-refractivity contribution in [1.29, 1.82) is 0 Å². The first kappa shape index (κ1) is 24.4. The summed E-state index contributed by atoms with van der Waals surface area (Å²) in [7, 11) is -3.91. The Morgan fingerprint density at radius 1 is 1.31 bits per heavy atom. The first-order valence-corrected chi connectivity index (χ1v) is 13.6. The molecule has 35 heavy (non-hydrogen) atoms. The van der Waals surface area contributed by atoms with E-state index < -0.39 is 39.7 Å². The summed E-state index contributed by atoms with van der Waals surface area (Å²) in [4.78, 5) is 6.35. The van der Waals surface area contributed by atoms with Gasteiger partial charge in [0.2, 0.25) is 10.0 Å². The average Bonchev–Trinajstić information content (AvgIpc) is 3.19. The largest absolute Gasteiger partial charge is 0.364 e. The Hall–Kier alpha value is -2.29. The molecule has 0 spiro atoms. The second-order valence-electron chi connectivity index (χ2n) is 9.51. The topological polar surface area (TPSA) is 105 Å². The Balaban J connectivity index is 1.68. The average molecular weight is 530 g/mol. The van der Waals surface area contributed by atoms with Gasteiger partial charge >= 0.3 is 0 Å².